The molecule has 2 aromatic rings. The molecule has 1 N–H and O–H groups in total. The van der Waals surface area contributed by atoms with Crippen LogP contribution in [0, 0.1) is 0 Å². The van der Waals surface area contributed by atoms with Gasteiger partial charge in [0, 0.05) is 48.0 Å². The Hall–Kier alpha value is -2.60. The predicted octanol–water partition coefficient (Wildman–Crippen LogP) is 1.54. The molecule has 6 heteroatoms. The minimum absolute atomic E-state index is 0.272. The summed E-state index contributed by atoms with van der Waals surface area (Å²) in [6.45, 7) is 1.78. The highest BCUT2D eigenvalue weighted by Gasteiger charge is 2.45. The van der Waals surface area contributed by atoms with E-state index in [1.54, 1.807) is 43.6 Å². The largest absolute Gasteiger partial charge is 0.365 e. The van der Waals surface area contributed by atoms with Crippen LogP contribution in [0.3, 0.4) is 0 Å². The lowest BCUT2D eigenvalue weighted by molar-refractivity contribution is -0.0765. The van der Waals surface area contributed by atoms with Gasteiger partial charge in [-0.05, 0) is 31.2 Å². The van der Waals surface area contributed by atoms with Gasteiger partial charge >= 0.3 is 0 Å². The molecular weight excluding hydrogens is 268 g/mol. The van der Waals surface area contributed by atoms with Crippen molar-refractivity contribution in [2.75, 3.05) is 0 Å². The van der Waals surface area contributed by atoms with E-state index in [0.29, 0.717) is 16.8 Å². The number of nitrogens with zero attached hydrogens (tertiary/aromatic N) is 4. The molecule has 1 aliphatic rings. The van der Waals surface area contributed by atoms with Crippen LogP contribution in [0.25, 0.3) is 0 Å². The van der Waals surface area contributed by atoms with E-state index in [1.165, 1.54) is 12.4 Å². The summed E-state index contributed by atoms with van der Waals surface area (Å²) in [7, 11) is 0. The topological polar surface area (TPSA) is 78.7 Å². The first kappa shape index (κ1) is 13.4. The molecule has 6 nitrogen and oxygen atoms in total. The molecule has 1 amide bonds. The lowest BCUT2D eigenvalue weighted by Gasteiger charge is -2.31. The van der Waals surface area contributed by atoms with E-state index in [0.717, 1.165) is 5.01 Å². The Morgan fingerprint density at radius 1 is 1.14 bits per heavy atom. The third-order valence-corrected chi connectivity index (χ3v) is 3.39. The van der Waals surface area contributed by atoms with E-state index >= 15 is 0 Å². The zero-order valence-corrected chi connectivity index (χ0v) is 11.5. The van der Waals surface area contributed by atoms with Crippen LogP contribution in [0.15, 0.2) is 54.2 Å². The Kier molecular flexibility index (Phi) is 3.23. The number of aliphatic hydroxyl groups is 1. The first-order valence-electron chi connectivity index (χ1n) is 6.53. The molecule has 0 bridgehead atoms. The van der Waals surface area contributed by atoms with Crippen molar-refractivity contribution < 1.29 is 9.90 Å². The van der Waals surface area contributed by atoms with Gasteiger partial charge in [-0.15, -0.1) is 0 Å². The van der Waals surface area contributed by atoms with Gasteiger partial charge in [0.15, 0.2) is 5.72 Å². The zero-order valence-electron chi connectivity index (χ0n) is 11.5. The quantitative estimate of drug-likeness (QED) is 0.906. The van der Waals surface area contributed by atoms with Gasteiger partial charge in [-0.2, -0.15) is 10.1 Å². The van der Waals surface area contributed by atoms with Gasteiger partial charge in [-0.1, -0.05) is 0 Å². The second kappa shape index (κ2) is 5.06. The molecule has 0 aromatic carbocycles. The highest BCUT2D eigenvalue weighted by Crippen LogP contribution is 2.35. The van der Waals surface area contributed by atoms with Crippen LogP contribution in [0.4, 0.5) is 0 Å². The number of aromatic nitrogens is 2. The monoisotopic (exact) mass is 282 g/mol. The van der Waals surface area contributed by atoms with Gasteiger partial charge in [-0.25, -0.2) is 0 Å². The maximum absolute atomic E-state index is 12.6. The number of hydrazone groups is 1. The van der Waals surface area contributed by atoms with Gasteiger partial charge < -0.3 is 5.11 Å². The van der Waals surface area contributed by atoms with E-state index < -0.39 is 5.72 Å². The zero-order chi connectivity index (χ0) is 14.9. The molecule has 0 spiro atoms. The van der Waals surface area contributed by atoms with Crippen LogP contribution >= 0.6 is 0 Å². The lowest BCUT2D eigenvalue weighted by atomic mass is 9.98. The molecule has 3 heterocycles. The summed E-state index contributed by atoms with van der Waals surface area (Å²) in [5.74, 6) is -0.367. The van der Waals surface area contributed by atoms with Gasteiger partial charge in [0.05, 0.1) is 0 Å². The summed E-state index contributed by atoms with van der Waals surface area (Å²) >= 11 is 0. The van der Waals surface area contributed by atoms with Crippen molar-refractivity contribution in [3.63, 3.8) is 0 Å². The fraction of sp³-hybridized carbons (Fsp3) is 0.200. The van der Waals surface area contributed by atoms with Crippen molar-refractivity contribution in [1.29, 1.82) is 0 Å². The molecule has 3 rings (SSSR count). The molecule has 0 saturated heterocycles. The van der Waals surface area contributed by atoms with Gasteiger partial charge in [0.25, 0.3) is 5.91 Å². The second-order valence-corrected chi connectivity index (χ2v) is 4.92. The number of pyridine rings is 2. The van der Waals surface area contributed by atoms with Crippen LogP contribution in [0.1, 0.15) is 29.3 Å². The molecule has 106 valence electrons. The van der Waals surface area contributed by atoms with Crippen LogP contribution in [0.2, 0.25) is 0 Å². The van der Waals surface area contributed by atoms with Crippen molar-refractivity contribution in [2.24, 2.45) is 5.10 Å². The Morgan fingerprint density at radius 3 is 2.33 bits per heavy atom. The van der Waals surface area contributed by atoms with E-state index in [9.17, 15) is 9.90 Å². The van der Waals surface area contributed by atoms with E-state index in [4.69, 9.17) is 0 Å². The summed E-state index contributed by atoms with van der Waals surface area (Å²) in [4.78, 5) is 20.4. The Balaban J connectivity index is 2.01. The molecule has 0 fully saturated rings. The first-order chi connectivity index (χ1) is 10.1. The molecular formula is C15H14N4O2. The summed E-state index contributed by atoms with van der Waals surface area (Å²) < 4.78 is 0. The first-order valence-corrected chi connectivity index (χ1v) is 6.53. The summed E-state index contributed by atoms with van der Waals surface area (Å²) in [6.07, 6.45) is 6.50. The van der Waals surface area contributed by atoms with Crippen molar-refractivity contribution in [3.05, 3.63) is 60.2 Å². The number of carbonyl (C=O) groups excluding carboxylic acids is 1. The third-order valence-electron chi connectivity index (χ3n) is 3.39. The maximum atomic E-state index is 12.6. The lowest BCUT2D eigenvalue weighted by Crippen LogP contribution is -2.43. The van der Waals surface area contributed by atoms with Crippen LogP contribution in [-0.2, 0) is 5.72 Å². The van der Waals surface area contributed by atoms with Gasteiger partial charge in [-0.3, -0.25) is 14.8 Å². The van der Waals surface area contributed by atoms with E-state index in [-0.39, 0.29) is 12.3 Å². The average Bonchev–Trinajstić information content (AvgIpc) is 2.84. The molecule has 0 radical (unpaired) electrons. The highest BCUT2D eigenvalue weighted by atomic mass is 16.3. The van der Waals surface area contributed by atoms with Crippen molar-refractivity contribution in [2.45, 2.75) is 19.1 Å². The third kappa shape index (κ3) is 2.30. The molecule has 21 heavy (non-hydrogen) atoms. The molecule has 2 aromatic heterocycles. The van der Waals surface area contributed by atoms with E-state index in [1.807, 2.05) is 0 Å². The molecule has 1 aliphatic heterocycles. The molecule has 0 saturated carbocycles. The average molecular weight is 282 g/mol. The minimum Gasteiger partial charge on any atom is -0.365 e. The Bertz CT molecular complexity index is 687. The van der Waals surface area contributed by atoms with Gasteiger partial charge in [0.1, 0.15) is 0 Å². The summed E-state index contributed by atoms with van der Waals surface area (Å²) in [5.41, 5.74) is 0.223. The number of hydrogen-bond donors (Lipinski definition) is 1. The number of rotatable bonds is 2. The predicted molar refractivity (Wildman–Crippen MR) is 76.3 cm³/mol. The molecule has 1 atom stereocenters. The van der Waals surface area contributed by atoms with Crippen LogP contribution in [0.5, 0.6) is 0 Å². The smallest absolute Gasteiger partial charge is 0.277 e. The van der Waals surface area contributed by atoms with Crippen molar-refractivity contribution >= 4 is 11.6 Å². The SMILES string of the molecule is CC1=NN(C(=O)c2ccncc2)[C@@](O)(c2ccncc2)C1. The Morgan fingerprint density at radius 2 is 1.71 bits per heavy atom. The summed E-state index contributed by atoms with van der Waals surface area (Å²) in [6, 6.07) is 6.55. The molecule has 0 unspecified atom stereocenters. The van der Waals surface area contributed by atoms with E-state index in [2.05, 4.69) is 15.1 Å². The maximum Gasteiger partial charge on any atom is 0.277 e. The fourth-order valence-corrected chi connectivity index (χ4v) is 2.39. The summed E-state index contributed by atoms with van der Waals surface area (Å²) in [5, 5.41) is 16.3. The van der Waals surface area contributed by atoms with Gasteiger partial charge in [0.2, 0.25) is 0 Å². The van der Waals surface area contributed by atoms with Crippen molar-refractivity contribution in [1.82, 2.24) is 15.0 Å². The number of carbonyl (C=O) groups is 1. The number of amides is 1. The minimum atomic E-state index is -1.48. The fourth-order valence-electron chi connectivity index (χ4n) is 2.39. The second-order valence-electron chi connectivity index (χ2n) is 4.92. The van der Waals surface area contributed by atoms with Crippen LogP contribution in [-0.4, -0.2) is 31.7 Å². The number of hydrogen-bond acceptors (Lipinski definition) is 5. The molecule has 0 aliphatic carbocycles. The van der Waals surface area contributed by atoms with Crippen molar-refractivity contribution in [3.8, 4) is 0 Å². The highest BCUT2D eigenvalue weighted by molar-refractivity contribution is 5.97. The normalized spacial score (nSPS) is 21.2. The Labute approximate surface area is 121 Å². The standard InChI is InChI=1S/C15H14N4O2/c1-11-10-15(21,13-4-8-17-9-5-13)19(18-11)14(20)12-2-6-16-7-3-12/h2-9,21H,10H2,1H3/t15-/m0/s1. The van der Waals surface area contributed by atoms with Crippen LogP contribution < -0.4 is 0 Å².